The van der Waals surface area contributed by atoms with E-state index in [0.717, 1.165) is 0 Å². The Morgan fingerprint density at radius 2 is 1.27 bits per heavy atom. The summed E-state index contributed by atoms with van der Waals surface area (Å²) >= 11 is 0. The summed E-state index contributed by atoms with van der Waals surface area (Å²) in [6, 6.07) is 9.87. The third-order valence-corrected chi connectivity index (χ3v) is 1.90. The fourth-order valence-corrected chi connectivity index (χ4v) is 1.18. The normalized spacial score (nSPS) is 9.87. The molecule has 0 aliphatic carbocycles. The van der Waals surface area contributed by atoms with Crippen LogP contribution in [-0.4, -0.2) is 0 Å². The minimum absolute atomic E-state index is 0.313. The molecule has 0 aliphatic heterocycles. The minimum atomic E-state index is 0.313. The van der Waals surface area contributed by atoms with E-state index in [1.54, 1.807) is 36.4 Å². The Hall–Kier alpha value is -2.30. The molecule has 0 saturated heterocycles. The molecule has 2 rings (SSSR count). The van der Waals surface area contributed by atoms with Gasteiger partial charge in [0.1, 0.15) is 0 Å². The molecule has 76 valence electrons. The van der Waals surface area contributed by atoms with Gasteiger partial charge in [0.15, 0.2) is 0 Å². The monoisotopic (exact) mass is 203 g/mol. The van der Waals surface area contributed by atoms with Crippen LogP contribution in [0.15, 0.2) is 48.8 Å². The van der Waals surface area contributed by atoms with E-state index in [9.17, 15) is 10.4 Å². The molecule has 0 spiro atoms. The molecule has 1 N–H and O–H groups in total. The van der Waals surface area contributed by atoms with Gasteiger partial charge in [-0.3, -0.25) is 0 Å². The summed E-state index contributed by atoms with van der Waals surface area (Å²) in [5.41, 5.74) is 0. The summed E-state index contributed by atoms with van der Waals surface area (Å²) in [5.74, 6) is 0.626. The van der Waals surface area contributed by atoms with Gasteiger partial charge in [-0.1, -0.05) is 12.1 Å². The molecule has 2 aromatic heterocycles. The van der Waals surface area contributed by atoms with Crippen LogP contribution in [0.2, 0.25) is 0 Å². The average molecular weight is 203 g/mol. The Bertz CT molecular complexity index is 430. The third-order valence-electron chi connectivity index (χ3n) is 1.90. The number of rotatable bonds is 2. The highest BCUT2D eigenvalue weighted by atomic mass is 16.5. The zero-order valence-corrected chi connectivity index (χ0v) is 7.83. The van der Waals surface area contributed by atoms with Crippen LogP contribution in [0.5, 0.6) is 0 Å². The van der Waals surface area contributed by atoms with Crippen molar-refractivity contribution in [1.29, 1.82) is 0 Å². The van der Waals surface area contributed by atoms with E-state index < -0.39 is 0 Å². The predicted octanol–water partition coefficient (Wildman–Crippen LogP) is 0.697. The van der Waals surface area contributed by atoms with Crippen LogP contribution in [0.4, 0.5) is 11.6 Å². The number of nitrogens with one attached hydrogen (secondary N) is 1. The molecule has 0 saturated carbocycles. The molecule has 2 aromatic rings. The topological polar surface area (TPSA) is 65.9 Å². The highest BCUT2D eigenvalue weighted by Gasteiger charge is 2.07. The molecule has 15 heavy (non-hydrogen) atoms. The number of anilines is 2. The number of hydrogen-bond donors (Lipinski definition) is 1. The SMILES string of the molecule is [O-][n+]1ccccc1Nc1cccc[n+]1[O-]. The molecular weight excluding hydrogens is 194 g/mol. The van der Waals surface area contributed by atoms with Crippen molar-refractivity contribution in [3.05, 3.63) is 59.2 Å². The molecule has 0 bridgehead atoms. The molecule has 0 aliphatic rings. The van der Waals surface area contributed by atoms with Crippen molar-refractivity contribution in [3.63, 3.8) is 0 Å². The molecule has 0 atom stereocenters. The molecule has 0 fully saturated rings. The highest BCUT2D eigenvalue weighted by molar-refractivity contribution is 5.44. The van der Waals surface area contributed by atoms with Gasteiger partial charge < -0.3 is 10.4 Å². The van der Waals surface area contributed by atoms with E-state index in [1.165, 1.54) is 12.4 Å². The summed E-state index contributed by atoms with van der Waals surface area (Å²) in [6.07, 6.45) is 2.72. The zero-order valence-electron chi connectivity index (χ0n) is 7.83. The van der Waals surface area contributed by atoms with Crippen molar-refractivity contribution in [2.75, 3.05) is 5.32 Å². The maximum Gasteiger partial charge on any atom is 0.285 e. The summed E-state index contributed by atoms with van der Waals surface area (Å²) in [6.45, 7) is 0. The number of aromatic nitrogens is 2. The van der Waals surface area contributed by atoms with Gasteiger partial charge in [0, 0.05) is 12.1 Å². The zero-order chi connectivity index (χ0) is 10.7. The second kappa shape index (κ2) is 3.83. The van der Waals surface area contributed by atoms with Gasteiger partial charge in [0.05, 0.1) is 12.4 Å². The molecule has 0 unspecified atom stereocenters. The Labute approximate surface area is 86.4 Å². The van der Waals surface area contributed by atoms with E-state index >= 15 is 0 Å². The molecule has 2 heterocycles. The lowest BCUT2D eigenvalue weighted by molar-refractivity contribution is -0.598. The van der Waals surface area contributed by atoms with Crippen molar-refractivity contribution in [1.82, 2.24) is 0 Å². The van der Waals surface area contributed by atoms with E-state index in [0.29, 0.717) is 21.1 Å². The third kappa shape index (κ3) is 1.96. The van der Waals surface area contributed by atoms with Crippen LogP contribution in [0.1, 0.15) is 0 Å². The van der Waals surface area contributed by atoms with Gasteiger partial charge >= 0.3 is 0 Å². The van der Waals surface area contributed by atoms with Gasteiger partial charge in [-0.15, -0.1) is 0 Å². The van der Waals surface area contributed by atoms with E-state index in [4.69, 9.17) is 0 Å². The van der Waals surface area contributed by atoms with Crippen LogP contribution in [-0.2, 0) is 0 Å². The predicted molar refractivity (Wildman–Crippen MR) is 54.1 cm³/mol. The van der Waals surface area contributed by atoms with Crippen molar-refractivity contribution in [2.45, 2.75) is 0 Å². The summed E-state index contributed by atoms with van der Waals surface area (Å²) in [5, 5.41) is 25.3. The fraction of sp³-hybridized carbons (Fsp3) is 0. The van der Waals surface area contributed by atoms with E-state index in [-0.39, 0.29) is 0 Å². The number of nitrogens with zero attached hydrogens (tertiary/aromatic N) is 2. The fourth-order valence-electron chi connectivity index (χ4n) is 1.18. The van der Waals surface area contributed by atoms with E-state index in [2.05, 4.69) is 5.32 Å². The standard InChI is InChI=1S/C10H9N3O2/c14-12-7-3-1-5-9(12)11-10-6-2-4-8-13(10)15/h1-8,11H. The Morgan fingerprint density at radius 3 is 1.67 bits per heavy atom. The smallest absolute Gasteiger partial charge is 0.285 e. The van der Waals surface area contributed by atoms with Crippen molar-refractivity contribution in [3.8, 4) is 0 Å². The quantitative estimate of drug-likeness (QED) is 0.577. The Kier molecular flexibility index (Phi) is 2.37. The molecule has 0 amide bonds. The lowest BCUT2D eigenvalue weighted by atomic mass is 10.4. The number of hydrogen-bond acceptors (Lipinski definition) is 3. The van der Waals surface area contributed by atoms with Gasteiger partial charge in [0.2, 0.25) is 0 Å². The van der Waals surface area contributed by atoms with Crippen molar-refractivity contribution < 1.29 is 9.46 Å². The first-order valence-electron chi connectivity index (χ1n) is 4.41. The van der Waals surface area contributed by atoms with E-state index in [1.807, 2.05) is 0 Å². The first kappa shape index (κ1) is 9.26. The summed E-state index contributed by atoms with van der Waals surface area (Å²) in [4.78, 5) is 0. The van der Waals surface area contributed by atoms with Crippen LogP contribution in [0, 0.1) is 10.4 Å². The lowest BCUT2D eigenvalue weighted by Gasteiger charge is -2.10. The second-order valence-corrected chi connectivity index (χ2v) is 2.95. The maximum atomic E-state index is 11.3. The van der Waals surface area contributed by atoms with Crippen molar-refractivity contribution >= 4 is 11.6 Å². The first-order valence-corrected chi connectivity index (χ1v) is 4.41. The Morgan fingerprint density at radius 1 is 0.800 bits per heavy atom. The maximum absolute atomic E-state index is 11.3. The highest BCUT2D eigenvalue weighted by Crippen LogP contribution is 2.06. The second-order valence-electron chi connectivity index (χ2n) is 2.95. The van der Waals surface area contributed by atoms with Crippen LogP contribution in [0.25, 0.3) is 0 Å². The van der Waals surface area contributed by atoms with Gasteiger partial charge in [0.25, 0.3) is 11.6 Å². The minimum Gasteiger partial charge on any atom is -0.711 e. The molecule has 5 nitrogen and oxygen atoms in total. The molecule has 0 radical (unpaired) electrons. The number of pyridine rings is 2. The van der Waals surface area contributed by atoms with Crippen LogP contribution >= 0.6 is 0 Å². The average Bonchev–Trinajstić information content (AvgIpc) is 2.24. The van der Waals surface area contributed by atoms with Gasteiger partial charge in [-0.2, -0.15) is 0 Å². The molecular formula is C10H9N3O2. The van der Waals surface area contributed by atoms with Crippen LogP contribution < -0.4 is 14.8 Å². The largest absolute Gasteiger partial charge is 0.711 e. The summed E-state index contributed by atoms with van der Waals surface area (Å²) < 4.78 is 1.32. The lowest BCUT2D eigenvalue weighted by Crippen LogP contribution is -2.34. The molecule has 0 aromatic carbocycles. The van der Waals surface area contributed by atoms with Gasteiger partial charge in [-0.05, 0) is 12.1 Å². The summed E-state index contributed by atoms with van der Waals surface area (Å²) in [7, 11) is 0. The van der Waals surface area contributed by atoms with Crippen LogP contribution in [0.3, 0.4) is 0 Å². The van der Waals surface area contributed by atoms with Gasteiger partial charge in [-0.25, -0.2) is 14.8 Å². The van der Waals surface area contributed by atoms with Crippen molar-refractivity contribution in [2.24, 2.45) is 0 Å². The molecule has 5 heteroatoms. The first-order chi connectivity index (χ1) is 7.27. The Balaban J connectivity index is 2.30.